The van der Waals surface area contributed by atoms with Crippen molar-refractivity contribution in [2.45, 2.75) is 39.3 Å². The van der Waals surface area contributed by atoms with Gasteiger partial charge in [0.1, 0.15) is 0 Å². The van der Waals surface area contributed by atoms with E-state index in [1.807, 2.05) is 13.0 Å². The summed E-state index contributed by atoms with van der Waals surface area (Å²) in [5.41, 5.74) is 1.32. The number of nitrogens with one attached hydrogen (secondary N) is 1. The fraction of sp³-hybridized carbons (Fsp3) is 0.588. The predicted molar refractivity (Wildman–Crippen MR) is 84.1 cm³/mol. The lowest BCUT2D eigenvalue weighted by molar-refractivity contribution is 0.112. The van der Waals surface area contributed by atoms with E-state index in [1.165, 1.54) is 5.56 Å². The lowest BCUT2D eigenvalue weighted by Gasteiger charge is -2.37. The molecule has 1 aromatic rings. The summed E-state index contributed by atoms with van der Waals surface area (Å²) in [6.45, 7) is 7.41. The maximum absolute atomic E-state index is 11.6. The van der Waals surface area contributed by atoms with Crippen molar-refractivity contribution >= 4 is 6.09 Å². The zero-order chi connectivity index (χ0) is 15.1. The first kappa shape index (κ1) is 15.8. The summed E-state index contributed by atoms with van der Waals surface area (Å²) in [5, 5.41) is 3.00. The van der Waals surface area contributed by atoms with Gasteiger partial charge in [-0.15, -0.1) is 0 Å². The molecule has 0 aromatic heterocycles. The Kier molecular flexibility index (Phi) is 6.05. The monoisotopic (exact) mass is 290 g/mol. The van der Waals surface area contributed by atoms with E-state index in [2.05, 4.69) is 41.4 Å². The number of piperidine rings is 1. The minimum absolute atomic E-state index is 0.187. The number of hydrogen-bond acceptors (Lipinski definition) is 3. The van der Waals surface area contributed by atoms with E-state index in [1.54, 1.807) is 0 Å². The molecule has 2 rings (SSSR count). The minimum atomic E-state index is -0.293. The molecule has 0 aliphatic carbocycles. The summed E-state index contributed by atoms with van der Waals surface area (Å²) >= 11 is 0. The van der Waals surface area contributed by atoms with Gasteiger partial charge in [0.25, 0.3) is 0 Å². The average Bonchev–Trinajstić information content (AvgIpc) is 2.48. The van der Waals surface area contributed by atoms with Crippen LogP contribution in [0.2, 0.25) is 0 Å². The highest BCUT2D eigenvalue weighted by atomic mass is 16.5. The van der Waals surface area contributed by atoms with Gasteiger partial charge in [0.05, 0.1) is 6.61 Å². The van der Waals surface area contributed by atoms with Crippen molar-refractivity contribution in [3.63, 3.8) is 0 Å². The fourth-order valence-electron chi connectivity index (χ4n) is 3.01. The molecule has 2 atom stereocenters. The van der Waals surface area contributed by atoms with Crippen LogP contribution in [0.5, 0.6) is 0 Å². The van der Waals surface area contributed by atoms with Crippen LogP contribution in [-0.2, 0) is 11.3 Å². The first-order valence-corrected chi connectivity index (χ1v) is 7.90. The van der Waals surface area contributed by atoms with E-state index < -0.39 is 0 Å². The zero-order valence-corrected chi connectivity index (χ0v) is 13.0. The molecule has 1 aliphatic heterocycles. The van der Waals surface area contributed by atoms with Crippen LogP contribution in [0.4, 0.5) is 4.79 Å². The summed E-state index contributed by atoms with van der Waals surface area (Å²) in [5.74, 6) is 0.634. The van der Waals surface area contributed by atoms with E-state index in [4.69, 9.17) is 4.74 Å². The van der Waals surface area contributed by atoms with Gasteiger partial charge in [0.15, 0.2) is 0 Å². The van der Waals surface area contributed by atoms with Gasteiger partial charge in [0, 0.05) is 25.7 Å². The van der Waals surface area contributed by atoms with Crippen LogP contribution < -0.4 is 5.32 Å². The number of ether oxygens (including phenoxy) is 1. The van der Waals surface area contributed by atoms with E-state index >= 15 is 0 Å². The van der Waals surface area contributed by atoms with Gasteiger partial charge in [-0.1, -0.05) is 43.7 Å². The molecule has 1 aromatic carbocycles. The predicted octanol–water partition coefficient (Wildman–Crippen LogP) is 3.03. The number of carbonyl (C=O) groups excluding carboxylic acids is 1. The van der Waals surface area contributed by atoms with Gasteiger partial charge in [-0.05, 0) is 24.8 Å². The van der Waals surface area contributed by atoms with Crippen molar-refractivity contribution in [1.82, 2.24) is 10.2 Å². The maximum atomic E-state index is 11.6. The average molecular weight is 290 g/mol. The van der Waals surface area contributed by atoms with Crippen molar-refractivity contribution in [1.29, 1.82) is 0 Å². The molecule has 0 saturated carbocycles. The van der Waals surface area contributed by atoms with Gasteiger partial charge in [0.2, 0.25) is 0 Å². The van der Waals surface area contributed by atoms with Crippen molar-refractivity contribution in [3.8, 4) is 0 Å². The summed E-state index contributed by atoms with van der Waals surface area (Å²) in [6.07, 6.45) is 1.89. The SMILES string of the molecule is CCOC(=O)NC1CC(CC)CN(Cc2ccccc2)C1. The molecule has 0 spiro atoms. The Hall–Kier alpha value is -1.55. The molecule has 1 heterocycles. The molecule has 1 aliphatic rings. The van der Waals surface area contributed by atoms with Crippen LogP contribution in [0.3, 0.4) is 0 Å². The smallest absolute Gasteiger partial charge is 0.407 e. The molecule has 2 unspecified atom stereocenters. The number of likely N-dealkylation sites (tertiary alicyclic amines) is 1. The Morgan fingerprint density at radius 1 is 1.29 bits per heavy atom. The molecule has 1 saturated heterocycles. The van der Waals surface area contributed by atoms with Crippen LogP contribution in [0.15, 0.2) is 30.3 Å². The Labute approximate surface area is 127 Å². The van der Waals surface area contributed by atoms with E-state index in [9.17, 15) is 4.79 Å². The van der Waals surface area contributed by atoms with Crippen molar-refractivity contribution < 1.29 is 9.53 Å². The molecule has 1 N–H and O–H groups in total. The third kappa shape index (κ3) is 5.05. The number of amides is 1. The second-order valence-electron chi connectivity index (χ2n) is 5.75. The molecular formula is C17H26N2O2. The number of alkyl carbamates (subject to hydrolysis) is 1. The number of carbonyl (C=O) groups is 1. The Bertz CT molecular complexity index is 436. The highest BCUT2D eigenvalue weighted by Crippen LogP contribution is 2.21. The second kappa shape index (κ2) is 8.03. The van der Waals surface area contributed by atoms with Gasteiger partial charge < -0.3 is 10.1 Å². The highest BCUT2D eigenvalue weighted by molar-refractivity contribution is 5.67. The molecule has 4 heteroatoms. The van der Waals surface area contributed by atoms with Crippen molar-refractivity contribution in [2.24, 2.45) is 5.92 Å². The van der Waals surface area contributed by atoms with Gasteiger partial charge in [-0.2, -0.15) is 0 Å². The maximum Gasteiger partial charge on any atom is 0.407 e. The van der Waals surface area contributed by atoms with Crippen LogP contribution in [0.1, 0.15) is 32.3 Å². The first-order valence-electron chi connectivity index (χ1n) is 7.90. The molecule has 21 heavy (non-hydrogen) atoms. The van der Waals surface area contributed by atoms with Crippen LogP contribution in [0.25, 0.3) is 0 Å². The Morgan fingerprint density at radius 3 is 2.71 bits per heavy atom. The third-order valence-electron chi connectivity index (χ3n) is 4.04. The Morgan fingerprint density at radius 2 is 2.05 bits per heavy atom. The van der Waals surface area contributed by atoms with Crippen molar-refractivity contribution in [3.05, 3.63) is 35.9 Å². The normalized spacial score (nSPS) is 22.8. The molecule has 4 nitrogen and oxygen atoms in total. The number of nitrogens with zero attached hydrogens (tertiary/aromatic N) is 1. The molecule has 116 valence electrons. The topological polar surface area (TPSA) is 41.6 Å². The largest absolute Gasteiger partial charge is 0.450 e. The lowest BCUT2D eigenvalue weighted by Crippen LogP contribution is -2.50. The molecular weight excluding hydrogens is 264 g/mol. The Balaban J connectivity index is 1.93. The van der Waals surface area contributed by atoms with Crippen LogP contribution >= 0.6 is 0 Å². The van der Waals surface area contributed by atoms with Gasteiger partial charge >= 0.3 is 6.09 Å². The van der Waals surface area contributed by atoms with E-state index in [0.29, 0.717) is 12.5 Å². The number of rotatable bonds is 5. The molecule has 1 amide bonds. The summed E-state index contributed by atoms with van der Waals surface area (Å²) in [7, 11) is 0. The number of hydrogen-bond donors (Lipinski definition) is 1. The molecule has 0 radical (unpaired) electrons. The molecule has 0 bridgehead atoms. The summed E-state index contributed by atoms with van der Waals surface area (Å²) in [6, 6.07) is 10.7. The fourth-order valence-corrected chi connectivity index (χ4v) is 3.01. The highest BCUT2D eigenvalue weighted by Gasteiger charge is 2.27. The van der Waals surface area contributed by atoms with Gasteiger partial charge in [-0.25, -0.2) is 4.79 Å². The quantitative estimate of drug-likeness (QED) is 0.906. The second-order valence-corrected chi connectivity index (χ2v) is 5.75. The third-order valence-corrected chi connectivity index (χ3v) is 4.04. The first-order chi connectivity index (χ1) is 10.2. The summed E-state index contributed by atoms with van der Waals surface area (Å²) in [4.78, 5) is 14.1. The van der Waals surface area contributed by atoms with E-state index in [-0.39, 0.29) is 12.1 Å². The van der Waals surface area contributed by atoms with Crippen LogP contribution in [-0.4, -0.2) is 36.7 Å². The molecule has 1 fully saturated rings. The summed E-state index contributed by atoms with van der Waals surface area (Å²) < 4.78 is 5.00. The lowest BCUT2D eigenvalue weighted by atomic mass is 9.92. The van der Waals surface area contributed by atoms with Gasteiger partial charge in [-0.3, -0.25) is 4.90 Å². The number of benzene rings is 1. The van der Waals surface area contributed by atoms with Crippen molar-refractivity contribution in [2.75, 3.05) is 19.7 Å². The zero-order valence-electron chi connectivity index (χ0n) is 13.0. The van der Waals surface area contributed by atoms with E-state index in [0.717, 1.165) is 32.5 Å². The minimum Gasteiger partial charge on any atom is -0.450 e. The standard InChI is InChI=1S/C17H26N2O2/c1-3-14-10-16(18-17(20)21-4-2)13-19(11-14)12-15-8-6-5-7-9-15/h5-9,14,16H,3-4,10-13H2,1-2H3,(H,18,20). The van der Waals surface area contributed by atoms with Crippen LogP contribution in [0, 0.1) is 5.92 Å².